The first-order chi connectivity index (χ1) is 13.7. The summed E-state index contributed by atoms with van der Waals surface area (Å²) in [5.74, 6) is -0.701. The summed E-state index contributed by atoms with van der Waals surface area (Å²) in [5.41, 5.74) is 2.43. The maximum atomic E-state index is 10.6. The molecule has 1 aliphatic rings. The number of carboxylic acids is 1. The van der Waals surface area contributed by atoms with Crippen molar-refractivity contribution >= 4 is 5.97 Å². The molecule has 0 unspecified atom stereocenters. The summed E-state index contributed by atoms with van der Waals surface area (Å²) in [7, 11) is 0. The van der Waals surface area contributed by atoms with E-state index in [9.17, 15) is 4.79 Å². The molecule has 6 heteroatoms. The second-order valence-corrected chi connectivity index (χ2v) is 6.64. The maximum Gasteiger partial charge on any atom is 0.303 e. The molecule has 1 saturated heterocycles. The number of hydrogen-bond acceptors (Lipinski definition) is 5. The monoisotopic (exact) mass is 378 g/mol. The molecule has 28 heavy (non-hydrogen) atoms. The molecule has 0 radical (unpaired) electrons. The topological polar surface area (TPSA) is 92.4 Å². The number of aliphatic carboxylic acids is 1. The molecular weight excluding hydrogens is 356 g/mol. The molecule has 1 aromatic heterocycles. The highest BCUT2D eigenvalue weighted by atomic mass is 16.7. The lowest BCUT2D eigenvalue weighted by Crippen LogP contribution is -2.30. The Hall–Kier alpha value is -3.01. The van der Waals surface area contributed by atoms with Crippen molar-refractivity contribution in [1.29, 1.82) is 5.26 Å². The maximum absolute atomic E-state index is 10.6. The van der Waals surface area contributed by atoms with Gasteiger partial charge in [-0.1, -0.05) is 30.4 Å². The zero-order valence-corrected chi connectivity index (χ0v) is 15.4. The number of carboxylic acid groups (broad SMARTS) is 1. The van der Waals surface area contributed by atoms with E-state index >= 15 is 0 Å². The molecule has 0 bridgehead atoms. The molecule has 2 aromatic rings. The van der Waals surface area contributed by atoms with Gasteiger partial charge in [-0.15, -0.1) is 0 Å². The van der Waals surface area contributed by atoms with Crippen LogP contribution in [0.25, 0.3) is 0 Å². The van der Waals surface area contributed by atoms with Gasteiger partial charge < -0.3 is 14.6 Å². The quantitative estimate of drug-likeness (QED) is 0.727. The van der Waals surface area contributed by atoms with Crippen LogP contribution in [0.2, 0.25) is 0 Å². The molecule has 0 spiro atoms. The minimum atomic E-state index is -0.799. The van der Waals surface area contributed by atoms with E-state index in [1.165, 1.54) is 0 Å². The molecule has 2 heterocycles. The normalized spacial score (nSPS) is 22.0. The standard InChI is InChI=1S/C22H22N2O4/c23-13-16-8-10-17(11-9-16)22-27-15-19(5-2-1-3-7-20(25)26)21(28-22)18-6-4-12-24-14-18/h1-2,4,6,8-12,14,19,21-22H,3,5,7,15H2,(H,25,26)/b2-1-/t19-,21-,22+/m1/s1. The zero-order chi connectivity index (χ0) is 19.8. The number of pyridine rings is 1. The van der Waals surface area contributed by atoms with E-state index in [4.69, 9.17) is 19.8 Å². The van der Waals surface area contributed by atoms with Crippen molar-refractivity contribution in [2.75, 3.05) is 6.61 Å². The summed E-state index contributed by atoms with van der Waals surface area (Å²) < 4.78 is 12.2. The number of rotatable bonds is 7. The van der Waals surface area contributed by atoms with Crippen LogP contribution in [0.4, 0.5) is 0 Å². The van der Waals surface area contributed by atoms with Crippen LogP contribution in [0.1, 0.15) is 48.3 Å². The molecule has 3 rings (SSSR count). The summed E-state index contributed by atoms with van der Waals surface area (Å²) in [6.07, 6.45) is 8.06. The number of hydrogen-bond donors (Lipinski definition) is 1. The largest absolute Gasteiger partial charge is 0.481 e. The molecule has 0 amide bonds. The lowest BCUT2D eigenvalue weighted by atomic mass is 9.92. The lowest BCUT2D eigenvalue weighted by molar-refractivity contribution is -0.244. The molecule has 0 aliphatic carbocycles. The predicted molar refractivity (Wildman–Crippen MR) is 102 cm³/mol. The Labute approximate surface area is 164 Å². The molecule has 144 valence electrons. The van der Waals surface area contributed by atoms with Crippen LogP contribution >= 0.6 is 0 Å². The zero-order valence-electron chi connectivity index (χ0n) is 15.4. The first-order valence-corrected chi connectivity index (χ1v) is 9.21. The minimum absolute atomic E-state index is 0.0971. The van der Waals surface area contributed by atoms with E-state index in [0.29, 0.717) is 18.6 Å². The highest BCUT2D eigenvalue weighted by Crippen LogP contribution is 2.39. The highest BCUT2D eigenvalue weighted by Gasteiger charge is 2.33. The molecule has 1 aliphatic heterocycles. The molecule has 6 nitrogen and oxygen atoms in total. The Kier molecular flexibility index (Phi) is 6.90. The van der Waals surface area contributed by atoms with Crippen LogP contribution in [0.15, 0.2) is 60.9 Å². The molecule has 1 aromatic carbocycles. The van der Waals surface area contributed by atoms with E-state index in [1.807, 2.05) is 36.4 Å². The van der Waals surface area contributed by atoms with Gasteiger partial charge in [-0.2, -0.15) is 5.26 Å². The van der Waals surface area contributed by atoms with E-state index < -0.39 is 12.3 Å². The number of nitrogens with zero attached hydrogens (tertiary/aromatic N) is 2. The first kappa shape index (κ1) is 19.7. The van der Waals surface area contributed by atoms with Gasteiger partial charge in [0.2, 0.25) is 0 Å². The number of benzene rings is 1. The molecule has 3 atom stereocenters. The number of carbonyl (C=O) groups is 1. The number of aromatic nitrogens is 1. The molecular formula is C22H22N2O4. The van der Waals surface area contributed by atoms with Gasteiger partial charge in [0.05, 0.1) is 24.3 Å². The SMILES string of the molecule is N#Cc1ccc([C@H]2OC[C@@H](C/C=C\CCC(=O)O)[C@@H](c3cccnc3)O2)cc1. The van der Waals surface area contributed by atoms with Gasteiger partial charge in [-0.25, -0.2) is 0 Å². The van der Waals surface area contributed by atoms with Crippen LogP contribution in [0.3, 0.4) is 0 Å². The molecule has 0 saturated carbocycles. The lowest BCUT2D eigenvalue weighted by Gasteiger charge is -2.36. The van der Waals surface area contributed by atoms with E-state index in [1.54, 1.807) is 24.5 Å². The van der Waals surface area contributed by atoms with Crippen molar-refractivity contribution in [3.8, 4) is 6.07 Å². The van der Waals surface area contributed by atoms with E-state index in [-0.39, 0.29) is 18.4 Å². The van der Waals surface area contributed by atoms with Crippen LogP contribution in [0, 0.1) is 17.2 Å². The Morgan fingerprint density at radius 2 is 2.07 bits per heavy atom. The summed E-state index contributed by atoms with van der Waals surface area (Å²) in [6, 6.07) is 13.2. The van der Waals surface area contributed by atoms with Crippen molar-refractivity contribution in [2.45, 2.75) is 31.7 Å². The minimum Gasteiger partial charge on any atom is -0.481 e. The summed E-state index contributed by atoms with van der Waals surface area (Å²) in [6.45, 7) is 0.507. The van der Waals surface area contributed by atoms with Crippen LogP contribution in [0.5, 0.6) is 0 Å². The highest BCUT2D eigenvalue weighted by molar-refractivity contribution is 5.66. The first-order valence-electron chi connectivity index (χ1n) is 9.21. The van der Waals surface area contributed by atoms with Gasteiger partial charge in [0.1, 0.15) is 0 Å². The fourth-order valence-electron chi connectivity index (χ4n) is 3.15. The van der Waals surface area contributed by atoms with Crippen molar-refractivity contribution < 1.29 is 19.4 Å². The fraction of sp³-hybridized carbons (Fsp3) is 0.318. The third-order valence-electron chi connectivity index (χ3n) is 4.62. The van der Waals surface area contributed by atoms with Crippen LogP contribution in [-0.2, 0) is 14.3 Å². The summed E-state index contributed by atoms with van der Waals surface area (Å²) in [4.78, 5) is 14.8. The van der Waals surface area contributed by atoms with Gasteiger partial charge in [-0.3, -0.25) is 9.78 Å². The average Bonchev–Trinajstić information content (AvgIpc) is 2.74. The van der Waals surface area contributed by atoms with Crippen molar-refractivity contribution in [3.05, 3.63) is 77.6 Å². The number of ether oxygens (including phenoxy) is 2. The van der Waals surface area contributed by atoms with Crippen molar-refractivity contribution in [2.24, 2.45) is 5.92 Å². The second-order valence-electron chi connectivity index (χ2n) is 6.64. The Balaban J connectivity index is 1.71. The van der Waals surface area contributed by atoms with Gasteiger partial charge in [0.15, 0.2) is 6.29 Å². The predicted octanol–water partition coefficient (Wildman–Crippen LogP) is 4.17. The molecule has 1 N–H and O–H groups in total. The number of nitriles is 1. The van der Waals surface area contributed by atoms with Gasteiger partial charge >= 0.3 is 5.97 Å². The average molecular weight is 378 g/mol. The Morgan fingerprint density at radius 3 is 2.75 bits per heavy atom. The van der Waals surface area contributed by atoms with E-state index in [2.05, 4.69) is 11.1 Å². The smallest absolute Gasteiger partial charge is 0.303 e. The van der Waals surface area contributed by atoms with Crippen LogP contribution < -0.4 is 0 Å². The Bertz CT molecular complexity index is 843. The fourth-order valence-corrected chi connectivity index (χ4v) is 3.15. The van der Waals surface area contributed by atoms with Crippen LogP contribution in [-0.4, -0.2) is 22.7 Å². The third-order valence-corrected chi connectivity index (χ3v) is 4.62. The Morgan fingerprint density at radius 1 is 1.25 bits per heavy atom. The summed E-state index contributed by atoms with van der Waals surface area (Å²) in [5, 5.41) is 17.7. The van der Waals surface area contributed by atoms with Crippen molar-refractivity contribution in [1.82, 2.24) is 4.98 Å². The van der Waals surface area contributed by atoms with Gasteiger partial charge in [0, 0.05) is 30.3 Å². The van der Waals surface area contributed by atoms with Crippen molar-refractivity contribution in [3.63, 3.8) is 0 Å². The third kappa shape index (κ3) is 5.26. The molecule has 1 fully saturated rings. The number of allylic oxidation sites excluding steroid dienone is 2. The summed E-state index contributed by atoms with van der Waals surface area (Å²) >= 11 is 0. The van der Waals surface area contributed by atoms with Gasteiger partial charge in [-0.05, 0) is 36.6 Å². The van der Waals surface area contributed by atoms with Gasteiger partial charge in [0.25, 0.3) is 0 Å². The second kappa shape index (κ2) is 9.79. The van der Waals surface area contributed by atoms with E-state index in [0.717, 1.165) is 17.5 Å².